The number of hydrogen-bond acceptors (Lipinski definition) is 4. The Morgan fingerprint density at radius 1 is 1.53 bits per heavy atom. The van der Waals surface area contributed by atoms with Crippen LogP contribution in [-0.2, 0) is 15.7 Å². The second kappa shape index (κ2) is 5.04. The predicted molar refractivity (Wildman–Crippen MR) is 58.8 cm³/mol. The van der Waals surface area contributed by atoms with Gasteiger partial charge in [-0.05, 0) is 12.1 Å². The molecule has 0 aromatic carbocycles. The molecular formula is C11H11F3N2O3. The number of hydrogen-bond donors (Lipinski definition) is 1. The molecule has 2 heterocycles. The van der Waals surface area contributed by atoms with Crippen molar-refractivity contribution in [2.24, 2.45) is 0 Å². The Bertz CT molecular complexity index is 478. The van der Waals surface area contributed by atoms with E-state index < -0.39 is 23.8 Å². The van der Waals surface area contributed by atoms with Crippen molar-refractivity contribution in [3.8, 4) is 0 Å². The number of carbonyl (C=O) groups is 1. The number of nitrogens with zero attached hydrogens (tertiary/aromatic N) is 2. The van der Waals surface area contributed by atoms with Crippen LogP contribution in [0.3, 0.4) is 0 Å². The van der Waals surface area contributed by atoms with Crippen LogP contribution in [0.4, 0.5) is 19.0 Å². The zero-order valence-corrected chi connectivity index (χ0v) is 9.72. The zero-order valence-electron chi connectivity index (χ0n) is 9.72. The van der Waals surface area contributed by atoms with E-state index in [0.29, 0.717) is 0 Å². The summed E-state index contributed by atoms with van der Waals surface area (Å²) < 4.78 is 43.6. The predicted octanol–water partition coefficient (Wildman–Crippen LogP) is 1.39. The summed E-state index contributed by atoms with van der Waals surface area (Å²) in [7, 11) is 0. The lowest BCUT2D eigenvalue weighted by Crippen LogP contribution is -2.51. The van der Waals surface area contributed by atoms with Crippen molar-refractivity contribution in [3.05, 3.63) is 23.9 Å². The molecule has 1 fully saturated rings. The van der Waals surface area contributed by atoms with Gasteiger partial charge in [0.25, 0.3) is 0 Å². The number of aliphatic carboxylic acids is 1. The quantitative estimate of drug-likeness (QED) is 0.884. The van der Waals surface area contributed by atoms with Crippen molar-refractivity contribution in [2.75, 3.05) is 24.7 Å². The van der Waals surface area contributed by atoms with Crippen molar-refractivity contribution in [3.63, 3.8) is 0 Å². The van der Waals surface area contributed by atoms with Crippen molar-refractivity contribution in [1.82, 2.24) is 4.98 Å². The molecule has 0 radical (unpaired) electrons. The molecule has 0 aliphatic carbocycles. The molecule has 5 nitrogen and oxygen atoms in total. The summed E-state index contributed by atoms with van der Waals surface area (Å²) in [5.74, 6) is -1.61. The molecular weight excluding hydrogens is 265 g/mol. The van der Waals surface area contributed by atoms with Crippen LogP contribution in [0, 0.1) is 0 Å². The number of carboxylic acid groups (broad SMARTS) is 1. The molecule has 8 heteroatoms. The maximum absolute atomic E-state index is 12.9. The number of carboxylic acids is 1. The second-order valence-corrected chi connectivity index (χ2v) is 3.99. The maximum atomic E-state index is 12.9. The fourth-order valence-electron chi connectivity index (χ4n) is 1.91. The van der Waals surface area contributed by atoms with E-state index in [-0.39, 0.29) is 25.6 Å². The Morgan fingerprint density at radius 3 is 2.89 bits per heavy atom. The SMILES string of the molecule is O=C(O)C1COCCN1c1ncccc1C(F)(F)F. The van der Waals surface area contributed by atoms with Gasteiger partial charge in [0.2, 0.25) is 0 Å². The minimum absolute atomic E-state index is 0.0526. The van der Waals surface area contributed by atoms with Gasteiger partial charge in [-0.3, -0.25) is 0 Å². The molecule has 1 aromatic heterocycles. The normalized spacial score (nSPS) is 20.4. The van der Waals surface area contributed by atoms with Crippen molar-refractivity contribution < 1.29 is 27.8 Å². The van der Waals surface area contributed by atoms with Gasteiger partial charge in [0.05, 0.1) is 18.8 Å². The van der Waals surface area contributed by atoms with E-state index in [4.69, 9.17) is 9.84 Å². The van der Waals surface area contributed by atoms with Gasteiger partial charge in [0.15, 0.2) is 6.04 Å². The van der Waals surface area contributed by atoms with Gasteiger partial charge < -0.3 is 14.7 Å². The van der Waals surface area contributed by atoms with E-state index in [1.54, 1.807) is 0 Å². The summed E-state index contributed by atoms with van der Waals surface area (Å²) in [5, 5.41) is 9.03. The third-order valence-electron chi connectivity index (χ3n) is 2.78. The van der Waals surface area contributed by atoms with E-state index in [1.807, 2.05) is 0 Å². The van der Waals surface area contributed by atoms with Crippen LogP contribution in [0.15, 0.2) is 18.3 Å². The lowest BCUT2D eigenvalue weighted by atomic mass is 10.1. The molecule has 0 spiro atoms. The number of rotatable bonds is 2. The van der Waals surface area contributed by atoms with Gasteiger partial charge in [-0.2, -0.15) is 13.2 Å². The highest BCUT2D eigenvalue weighted by molar-refractivity contribution is 5.78. The average Bonchev–Trinajstić information content (AvgIpc) is 2.37. The van der Waals surface area contributed by atoms with Crippen LogP contribution < -0.4 is 4.90 Å². The number of morpholine rings is 1. The smallest absolute Gasteiger partial charge is 0.419 e. The molecule has 1 aromatic rings. The summed E-state index contributed by atoms with van der Waals surface area (Å²) >= 11 is 0. The first-order valence-electron chi connectivity index (χ1n) is 5.50. The van der Waals surface area contributed by atoms with Crippen LogP contribution in [0.1, 0.15) is 5.56 Å². The fourth-order valence-corrected chi connectivity index (χ4v) is 1.91. The Balaban J connectivity index is 2.42. The largest absolute Gasteiger partial charge is 0.480 e. The maximum Gasteiger partial charge on any atom is 0.419 e. The number of pyridine rings is 1. The highest BCUT2D eigenvalue weighted by atomic mass is 19.4. The number of anilines is 1. The lowest BCUT2D eigenvalue weighted by molar-refractivity contribution is -0.142. The van der Waals surface area contributed by atoms with E-state index in [1.165, 1.54) is 12.3 Å². The van der Waals surface area contributed by atoms with E-state index in [9.17, 15) is 18.0 Å². The second-order valence-electron chi connectivity index (χ2n) is 3.99. The Morgan fingerprint density at radius 2 is 2.26 bits per heavy atom. The minimum atomic E-state index is -4.58. The first-order chi connectivity index (χ1) is 8.91. The molecule has 19 heavy (non-hydrogen) atoms. The summed E-state index contributed by atoms with van der Waals surface area (Å²) in [5.41, 5.74) is -0.942. The first-order valence-corrected chi connectivity index (χ1v) is 5.50. The van der Waals surface area contributed by atoms with Crippen molar-refractivity contribution in [2.45, 2.75) is 12.2 Å². The standard InChI is InChI=1S/C11H11F3N2O3/c12-11(13,14)7-2-1-3-15-9(7)16-4-5-19-6-8(16)10(17)18/h1-3,8H,4-6H2,(H,17,18). The highest BCUT2D eigenvalue weighted by Gasteiger charge is 2.39. The topological polar surface area (TPSA) is 62.7 Å². The van der Waals surface area contributed by atoms with Crippen LogP contribution in [0.2, 0.25) is 0 Å². The molecule has 104 valence electrons. The molecule has 1 aliphatic heterocycles. The van der Waals surface area contributed by atoms with Gasteiger partial charge in [-0.15, -0.1) is 0 Å². The Kier molecular flexibility index (Phi) is 3.61. The van der Waals surface area contributed by atoms with Crippen LogP contribution >= 0.6 is 0 Å². The highest BCUT2D eigenvalue weighted by Crippen LogP contribution is 2.36. The minimum Gasteiger partial charge on any atom is -0.480 e. The number of halogens is 3. The molecule has 1 atom stereocenters. The van der Waals surface area contributed by atoms with Crippen LogP contribution in [0.5, 0.6) is 0 Å². The molecule has 1 N–H and O–H groups in total. The van der Waals surface area contributed by atoms with Gasteiger partial charge in [0, 0.05) is 12.7 Å². The third kappa shape index (κ3) is 2.78. The molecule has 0 bridgehead atoms. The van der Waals surface area contributed by atoms with Gasteiger partial charge in [0.1, 0.15) is 5.82 Å². The van der Waals surface area contributed by atoms with Gasteiger partial charge in [-0.25, -0.2) is 9.78 Å². The van der Waals surface area contributed by atoms with Crippen molar-refractivity contribution >= 4 is 11.8 Å². The van der Waals surface area contributed by atoms with E-state index >= 15 is 0 Å². The van der Waals surface area contributed by atoms with Crippen LogP contribution in [-0.4, -0.2) is 41.9 Å². The van der Waals surface area contributed by atoms with Crippen molar-refractivity contribution in [1.29, 1.82) is 0 Å². The zero-order chi connectivity index (χ0) is 14.0. The number of alkyl halides is 3. The average molecular weight is 276 g/mol. The third-order valence-corrected chi connectivity index (χ3v) is 2.78. The lowest BCUT2D eigenvalue weighted by Gasteiger charge is -2.34. The van der Waals surface area contributed by atoms with Crippen LogP contribution in [0.25, 0.3) is 0 Å². The molecule has 2 rings (SSSR count). The summed E-state index contributed by atoms with van der Waals surface area (Å²) in [6.07, 6.45) is -3.37. The number of aromatic nitrogens is 1. The summed E-state index contributed by atoms with van der Waals surface area (Å²) in [6.45, 7) is 0.0535. The summed E-state index contributed by atoms with van der Waals surface area (Å²) in [4.78, 5) is 15.9. The molecule has 0 saturated carbocycles. The molecule has 1 aliphatic rings. The monoisotopic (exact) mass is 276 g/mol. The Labute approximate surface area is 106 Å². The van der Waals surface area contributed by atoms with E-state index in [0.717, 1.165) is 11.0 Å². The molecule has 1 saturated heterocycles. The molecule has 1 unspecified atom stereocenters. The molecule has 0 amide bonds. The Hall–Kier alpha value is -1.83. The van der Waals surface area contributed by atoms with Gasteiger partial charge >= 0.3 is 12.1 Å². The van der Waals surface area contributed by atoms with E-state index in [2.05, 4.69) is 4.98 Å². The number of ether oxygens (including phenoxy) is 1. The van der Waals surface area contributed by atoms with Gasteiger partial charge in [-0.1, -0.05) is 0 Å². The first kappa shape index (κ1) is 13.6. The summed E-state index contributed by atoms with van der Waals surface area (Å²) in [6, 6.07) is 0.893. The fraction of sp³-hybridized carbons (Fsp3) is 0.455.